The minimum Gasteiger partial charge on any atom is -0.480 e. The molecule has 3 unspecified atom stereocenters. The molecule has 0 saturated heterocycles. The summed E-state index contributed by atoms with van der Waals surface area (Å²) in [5, 5.41) is 21.8. The highest BCUT2D eigenvalue weighted by atomic mass is 31.2. The van der Waals surface area contributed by atoms with Gasteiger partial charge in [0.2, 0.25) is 5.91 Å². The van der Waals surface area contributed by atoms with Gasteiger partial charge in [0.1, 0.15) is 12.7 Å². The Morgan fingerprint density at radius 3 is 1.47 bits per heavy atom. The summed E-state index contributed by atoms with van der Waals surface area (Å²) in [6, 6.07) is -1.55. The van der Waals surface area contributed by atoms with Crippen molar-refractivity contribution in [3.8, 4) is 0 Å². The molecule has 0 saturated carbocycles. The van der Waals surface area contributed by atoms with Gasteiger partial charge in [0.25, 0.3) is 0 Å². The lowest BCUT2D eigenvalue weighted by Gasteiger charge is -2.18. The van der Waals surface area contributed by atoms with Crippen LogP contribution in [-0.4, -0.2) is 64.9 Å². The largest absolute Gasteiger partial charge is 0.480 e. The van der Waals surface area contributed by atoms with Crippen LogP contribution in [0.2, 0.25) is 0 Å². The molecule has 0 aromatic rings. The van der Waals surface area contributed by atoms with Gasteiger partial charge >= 0.3 is 19.8 Å². The number of rotatable bonds is 41. The Labute approximate surface area is 345 Å². The Morgan fingerprint density at radius 1 is 0.561 bits per heavy atom. The minimum atomic E-state index is -4.77. The van der Waals surface area contributed by atoms with Crippen LogP contribution in [0.3, 0.4) is 0 Å². The molecule has 0 aliphatic carbocycles. The average Bonchev–Trinajstić information content (AvgIpc) is 3.18. The number of phosphoric acid groups is 1. The fourth-order valence-electron chi connectivity index (χ4n) is 5.90. The zero-order valence-electron chi connectivity index (χ0n) is 35.6. The van der Waals surface area contributed by atoms with E-state index in [0.29, 0.717) is 19.3 Å². The summed E-state index contributed by atoms with van der Waals surface area (Å²) in [5.41, 5.74) is 0. The van der Waals surface area contributed by atoms with E-state index in [2.05, 4.69) is 55.6 Å². The molecule has 330 valence electrons. The SMILES string of the molecule is CCCCC/C=C\C/C=C\C/C=C\C/C=C\CCCC(=O)OCC(O)COP(=O)(O)OCC(NC(=O)CCCCCCCCCCCCCCCCCC)C(=O)O. The molecule has 0 spiro atoms. The van der Waals surface area contributed by atoms with E-state index in [1.165, 1.54) is 96.3 Å². The van der Waals surface area contributed by atoms with Gasteiger partial charge in [-0.1, -0.05) is 172 Å². The number of aliphatic hydroxyl groups is 1. The van der Waals surface area contributed by atoms with Crippen LogP contribution in [0.25, 0.3) is 0 Å². The molecular formula is C45H80NO10P. The highest BCUT2D eigenvalue weighted by Crippen LogP contribution is 2.43. The number of aliphatic carboxylic acids is 1. The lowest BCUT2D eigenvalue weighted by molar-refractivity contribution is -0.147. The number of carboxylic acid groups (broad SMARTS) is 1. The highest BCUT2D eigenvalue weighted by Gasteiger charge is 2.28. The van der Waals surface area contributed by atoms with E-state index in [1.807, 2.05) is 12.2 Å². The fourth-order valence-corrected chi connectivity index (χ4v) is 6.67. The summed E-state index contributed by atoms with van der Waals surface area (Å²) in [6.07, 6.45) is 44.2. The van der Waals surface area contributed by atoms with E-state index < -0.39 is 57.6 Å². The predicted molar refractivity (Wildman–Crippen MR) is 231 cm³/mol. The smallest absolute Gasteiger partial charge is 0.472 e. The van der Waals surface area contributed by atoms with Crippen LogP contribution < -0.4 is 5.32 Å². The Hall–Kier alpha value is -2.56. The van der Waals surface area contributed by atoms with Gasteiger partial charge < -0.3 is 25.2 Å². The molecular weight excluding hydrogens is 745 g/mol. The summed E-state index contributed by atoms with van der Waals surface area (Å²) >= 11 is 0. The van der Waals surface area contributed by atoms with Crippen LogP contribution in [-0.2, 0) is 32.7 Å². The molecule has 0 aliphatic rings. The lowest BCUT2D eigenvalue weighted by Crippen LogP contribution is -2.43. The maximum atomic E-state index is 12.3. The first-order chi connectivity index (χ1) is 27.6. The number of amides is 1. The molecule has 0 fully saturated rings. The molecule has 12 heteroatoms. The second-order valence-electron chi connectivity index (χ2n) is 14.9. The normalized spacial score (nSPS) is 14.2. The number of aliphatic hydroxyl groups excluding tert-OH is 1. The van der Waals surface area contributed by atoms with Crippen molar-refractivity contribution < 1.29 is 47.8 Å². The van der Waals surface area contributed by atoms with Gasteiger partial charge in [0.15, 0.2) is 6.04 Å². The van der Waals surface area contributed by atoms with E-state index in [0.717, 1.165) is 44.9 Å². The summed E-state index contributed by atoms with van der Waals surface area (Å²) in [6.45, 7) is 2.51. The summed E-state index contributed by atoms with van der Waals surface area (Å²) in [4.78, 5) is 45.9. The molecule has 3 atom stereocenters. The Bertz CT molecular complexity index is 1150. The summed E-state index contributed by atoms with van der Waals surface area (Å²) < 4.78 is 26.8. The molecule has 0 aromatic heterocycles. The lowest BCUT2D eigenvalue weighted by atomic mass is 10.0. The number of carbonyl (C=O) groups excluding carboxylic acids is 2. The van der Waals surface area contributed by atoms with Crippen LogP contribution in [0.15, 0.2) is 48.6 Å². The van der Waals surface area contributed by atoms with Crippen LogP contribution in [0, 0.1) is 0 Å². The quantitative estimate of drug-likeness (QED) is 0.0201. The first kappa shape index (κ1) is 54.4. The number of allylic oxidation sites excluding steroid dienone is 8. The van der Waals surface area contributed by atoms with E-state index >= 15 is 0 Å². The summed E-state index contributed by atoms with van der Waals surface area (Å²) in [7, 11) is -4.77. The maximum absolute atomic E-state index is 12.3. The molecule has 57 heavy (non-hydrogen) atoms. The molecule has 11 nitrogen and oxygen atoms in total. The molecule has 4 N–H and O–H groups in total. The Balaban J connectivity index is 3.97. The van der Waals surface area contributed by atoms with Crippen molar-refractivity contribution in [1.29, 1.82) is 0 Å². The van der Waals surface area contributed by atoms with Crippen LogP contribution >= 0.6 is 7.82 Å². The van der Waals surface area contributed by atoms with Gasteiger partial charge in [-0.25, -0.2) is 9.36 Å². The topological polar surface area (TPSA) is 169 Å². The fraction of sp³-hybridized carbons (Fsp3) is 0.756. The molecule has 1 amide bonds. The standard InChI is InChI=1S/C45H80NO10P/c1-3-5-7-9-11-13-15-17-19-21-23-25-27-29-31-33-35-37-44(49)54-38-41(47)39-55-57(52,53)56-40-42(45(50)51)46-43(48)36-34-32-30-28-26-24-22-20-18-16-14-12-10-8-6-4-2/h11,13,17,19,23,25,29,31,41-42,47H,3-10,12,14-16,18,20-22,24,26-28,30,32-40H2,1-2H3,(H,46,48)(H,50,51)(H,52,53)/b13-11-,19-17-,25-23-,31-29-. The van der Waals surface area contributed by atoms with Crippen molar-refractivity contribution >= 4 is 25.7 Å². The van der Waals surface area contributed by atoms with Crippen molar-refractivity contribution in [3.05, 3.63) is 48.6 Å². The van der Waals surface area contributed by atoms with Gasteiger partial charge in [-0.15, -0.1) is 0 Å². The van der Waals surface area contributed by atoms with Crippen molar-refractivity contribution in [2.45, 2.75) is 199 Å². The molecule has 0 radical (unpaired) electrons. The number of ether oxygens (including phenoxy) is 1. The molecule has 0 aromatic carbocycles. The number of carbonyl (C=O) groups is 3. The monoisotopic (exact) mass is 826 g/mol. The van der Waals surface area contributed by atoms with Crippen LogP contribution in [0.4, 0.5) is 0 Å². The number of phosphoric ester groups is 1. The van der Waals surface area contributed by atoms with E-state index in [9.17, 15) is 34.1 Å². The van der Waals surface area contributed by atoms with E-state index in [-0.39, 0.29) is 12.8 Å². The average molecular weight is 826 g/mol. The predicted octanol–water partition coefficient (Wildman–Crippen LogP) is 11.4. The zero-order valence-corrected chi connectivity index (χ0v) is 36.5. The van der Waals surface area contributed by atoms with Crippen molar-refractivity contribution in [2.24, 2.45) is 0 Å². The van der Waals surface area contributed by atoms with Crippen LogP contribution in [0.1, 0.15) is 187 Å². The number of esters is 1. The molecule has 0 bridgehead atoms. The highest BCUT2D eigenvalue weighted by molar-refractivity contribution is 7.47. The third kappa shape index (κ3) is 40.0. The van der Waals surface area contributed by atoms with E-state index in [1.54, 1.807) is 0 Å². The zero-order chi connectivity index (χ0) is 42.1. The number of unbranched alkanes of at least 4 members (excludes halogenated alkanes) is 19. The molecule has 0 aliphatic heterocycles. The van der Waals surface area contributed by atoms with Gasteiger partial charge in [-0.3, -0.25) is 18.6 Å². The Kier molecular flexibility index (Phi) is 38.4. The van der Waals surface area contributed by atoms with Crippen molar-refractivity contribution in [3.63, 3.8) is 0 Å². The second kappa shape index (κ2) is 40.2. The first-order valence-corrected chi connectivity index (χ1v) is 23.7. The van der Waals surface area contributed by atoms with E-state index in [4.69, 9.17) is 13.8 Å². The van der Waals surface area contributed by atoms with Gasteiger partial charge in [-0.2, -0.15) is 0 Å². The molecule has 0 heterocycles. The minimum absolute atomic E-state index is 0.144. The Morgan fingerprint density at radius 2 is 0.982 bits per heavy atom. The number of hydrogen-bond acceptors (Lipinski definition) is 8. The van der Waals surface area contributed by atoms with Crippen molar-refractivity contribution in [1.82, 2.24) is 5.32 Å². The summed E-state index contributed by atoms with van der Waals surface area (Å²) in [5.74, 6) is -2.43. The second-order valence-corrected chi connectivity index (χ2v) is 16.3. The number of nitrogens with one attached hydrogen (secondary N) is 1. The van der Waals surface area contributed by atoms with Gasteiger partial charge in [0, 0.05) is 12.8 Å². The van der Waals surface area contributed by atoms with Crippen LogP contribution in [0.5, 0.6) is 0 Å². The third-order valence-electron chi connectivity index (χ3n) is 9.37. The first-order valence-electron chi connectivity index (χ1n) is 22.2. The number of carboxylic acids is 1. The van der Waals surface area contributed by atoms with Gasteiger partial charge in [-0.05, 0) is 51.4 Å². The maximum Gasteiger partial charge on any atom is 0.472 e. The number of hydrogen-bond donors (Lipinski definition) is 4. The molecule has 0 rings (SSSR count). The van der Waals surface area contributed by atoms with Crippen molar-refractivity contribution in [2.75, 3.05) is 19.8 Å². The third-order valence-corrected chi connectivity index (χ3v) is 10.3. The van der Waals surface area contributed by atoms with Gasteiger partial charge in [0.05, 0.1) is 13.2 Å².